The van der Waals surface area contributed by atoms with Gasteiger partial charge in [-0.05, 0) is 61.1 Å². The molecule has 1 aliphatic heterocycles. The van der Waals surface area contributed by atoms with Crippen molar-refractivity contribution in [1.29, 1.82) is 0 Å². The van der Waals surface area contributed by atoms with Gasteiger partial charge in [-0.2, -0.15) is 0 Å². The van der Waals surface area contributed by atoms with Crippen molar-refractivity contribution in [2.75, 3.05) is 0 Å². The minimum atomic E-state index is 0.962. The van der Waals surface area contributed by atoms with Gasteiger partial charge in [0.1, 0.15) is 5.82 Å². The van der Waals surface area contributed by atoms with E-state index in [1.165, 1.54) is 61.8 Å². The molecule has 1 aliphatic carbocycles. The molecule has 2 heteroatoms. The van der Waals surface area contributed by atoms with E-state index in [0.29, 0.717) is 0 Å². The Labute approximate surface area is 136 Å². The molecule has 0 spiro atoms. The molecule has 114 valence electrons. The summed E-state index contributed by atoms with van der Waals surface area (Å²) in [7, 11) is 0. The van der Waals surface area contributed by atoms with Gasteiger partial charge in [0.05, 0.1) is 17.1 Å². The van der Waals surface area contributed by atoms with E-state index in [9.17, 15) is 0 Å². The normalized spacial score (nSPS) is 13.7. The Balaban J connectivity index is 1.88. The first kappa shape index (κ1) is 13.1. The molecule has 0 bridgehead atoms. The molecular formula is C21H20N2. The second-order valence-electron chi connectivity index (χ2n) is 7.07. The second-order valence-corrected chi connectivity index (χ2v) is 7.07. The summed E-state index contributed by atoms with van der Waals surface area (Å²) in [6.07, 6.45) is 1.94. The van der Waals surface area contributed by atoms with Crippen LogP contribution >= 0.6 is 0 Å². The number of hydrogen-bond donors (Lipinski definition) is 0. The van der Waals surface area contributed by atoms with E-state index in [4.69, 9.17) is 4.98 Å². The smallest absolute Gasteiger partial charge is 0.118 e. The van der Waals surface area contributed by atoms with Crippen molar-refractivity contribution in [3.63, 3.8) is 0 Å². The Morgan fingerprint density at radius 2 is 1.52 bits per heavy atom. The van der Waals surface area contributed by atoms with Crippen LogP contribution in [0.3, 0.4) is 0 Å². The molecule has 0 fully saturated rings. The van der Waals surface area contributed by atoms with Crippen LogP contribution in [-0.2, 0) is 12.8 Å². The lowest BCUT2D eigenvalue weighted by atomic mass is 9.98. The van der Waals surface area contributed by atoms with E-state index in [1.54, 1.807) is 0 Å². The maximum absolute atomic E-state index is 5.01. The van der Waals surface area contributed by atoms with E-state index < -0.39 is 0 Å². The zero-order valence-corrected chi connectivity index (χ0v) is 14.1. The van der Waals surface area contributed by atoms with Crippen molar-refractivity contribution in [3.05, 3.63) is 69.2 Å². The Kier molecular flexibility index (Phi) is 2.36. The van der Waals surface area contributed by atoms with E-state index >= 15 is 0 Å². The van der Waals surface area contributed by atoms with Crippen LogP contribution in [0.15, 0.2) is 24.3 Å². The number of benzene rings is 2. The number of hydrogen-bond acceptors (Lipinski definition) is 1. The topological polar surface area (TPSA) is 17.8 Å². The van der Waals surface area contributed by atoms with Crippen molar-refractivity contribution in [3.8, 4) is 16.9 Å². The van der Waals surface area contributed by atoms with Crippen molar-refractivity contribution in [1.82, 2.24) is 9.55 Å². The molecule has 3 aromatic rings. The number of aryl methyl sites for hydroxylation is 2. The van der Waals surface area contributed by atoms with Crippen molar-refractivity contribution < 1.29 is 0 Å². The lowest BCUT2D eigenvalue weighted by Gasteiger charge is -2.14. The van der Waals surface area contributed by atoms with Gasteiger partial charge in [-0.25, -0.2) is 4.98 Å². The Bertz CT molecular complexity index is 925. The molecule has 2 heterocycles. The van der Waals surface area contributed by atoms with Gasteiger partial charge in [-0.15, -0.1) is 0 Å². The minimum absolute atomic E-state index is 0.962. The summed E-state index contributed by atoms with van der Waals surface area (Å²) in [6.45, 7) is 8.91. The average Bonchev–Trinajstić information content (AvgIpc) is 3.14. The van der Waals surface area contributed by atoms with E-state index in [1.807, 2.05) is 0 Å². The van der Waals surface area contributed by atoms with Crippen LogP contribution in [-0.4, -0.2) is 9.55 Å². The lowest BCUT2D eigenvalue weighted by Crippen LogP contribution is -2.01. The quantitative estimate of drug-likeness (QED) is 0.409. The SMILES string of the molecule is Cc1ccc2c(c1C)-c1c(nc3n1-c1c(ccc(C)c1C)C3)C2. The second kappa shape index (κ2) is 4.14. The summed E-state index contributed by atoms with van der Waals surface area (Å²) in [4.78, 5) is 5.01. The summed E-state index contributed by atoms with van der Waals surface area (Å²) >= 11 is 0. The van der Waals surface area contributed by atoms with Crippen LogP contribution in [0.25, 0.3) is 16.9 Å². The highest BCUT2D eigenvalue weighted by molar-refractivity contribution is 5.80. The summed E-state index contributed by atoms with van der Waals surface area (Å²) in [5, 5.41) is 0. The van der Waals surface area contributed by atoms with E-state index in [0.717, 1.165) is 12.8 Å². The third-order valence-corrected chi connectivity index (χ3v) is 5.79. The first-order chi connectivity index (χ1) is 11.1. The van der Waals surface area contributed by atoms with Crippen molar-refractivity contribution in [2.24, 2.45) is 0 Å². The number of nitrogens with zero attached hydrogens (tertiary/aromatic N) is 2. The van der Waals surface area contributed by atoms with Crippen molar-refractivity contribution >= 4 is 0 Å². The highest BCUT2D eigenvalue weighted by atomic mass is 15.1. The molecule has 2 aliphatic rings. The number of rotatable bonds is 0. The predicted molar refractivity (Wildman–Crippen MR) is 93.6 cm³/mol. The minimum Gasteiger partial charge on any atom is -0.295 e. The van der Waals surface area contributed by atoms with Gasteiger partial charge >= 0.3 is 0 Å². The van der Waals surface area contributed by atoms with Gasteiger partial charge in [0.25, 0.3) is 0 Å². The van der Waals surface area contributed by atoms with E-state index in [2.05, 4.69) is 56.5 Å². The van der Waals surface area contributed by atoms with Crippen LogP contribution < -0.4 is 0 Å². The Morgan fingerprint density at radius 1 is 0.826 bits per heavy atom. The fourth-order valence-electron chi connectivity index (χ4n) is 4.27. The molecule has 0 saturated heterocycles. The van der Waals surface area contributed by atoms with Crippen LogP contribution in [0.2, 0.25) is 0 Å². The molecule has 0 unspecified atom stereocenters. The molecule has 0 saturated carbocycles. The average molecular weight is 300 g/mol. The third-order valence-electron chi connectivity index (χ3n) is 5.79. The van der Waals surface area contributed by atoms with Gasteiger partial charge in [-0.3, -0.25) is 4.57 Å². The zero-order valence-electron chi connectivity index (χ0n) is 14.1. The van der Waals surface area contributed by atoms with Gasteiger partial charge in [-0.1, -0.05) is 24.3 Å². The Hall–Kier alpha value is -2.35. The van der Waals surface area contributed by atoms with Crippen LogP contribution in [0.1, 0.15) is 44.9 Å². The van der Waals surface area contributed by atoms with Crippen molar-refractivity contribution in [2.45, 2.75) is 40.5 Å². The maximum Gasteiger partial charge on any atom is 0.118 e. The molecule has 0 radical (unpaired) electrons. The fourth-order valence-corrected chi connectivity index (χ4v) is 4.27. The molecular weight excluding hydrogens is 280 g/mol. The molecule has 0 amide bonds. The summed E-state index contributed by atoms with van der Waals surface area (Å²) < 4.78 is 2.45. The fraction of sp³-hybridized carbons (Fsp3) is 0.286. The van der Waals surface area contributed by atoms with Crippen LogP contribution in [0.4, 0.5) is 0 Å². The molecule has 23 heavy (non-hydrogen) atoms. The van der Waals surface area contributed by atoms with Gasteiger partial charge in [0.15, 0.2) is 0 Å². The van der Waals surface area contributed by atoms with Crippen LogP contribution in [0, 0.1) is 27.7 Å². The van der Waals surface area contributed by atoms with Gasteiger partial charge in [0.2, 0.25) is 0 Å². The largest absolute Gasteiger partial charge is 0.295 e. The van der Waals surface area contributed by atoms with Crippen LogP contribution in [0.5, 0.6) is 0 Å². The zero-order chi connectivity index (χ0) is 15.9. The monoisotopic (exact) mass is 300 g/mol. The highest BCUT2D eigenvalue weighted by Gasteiger charge is 2.33. The van der Waals surface area contributed by atoms with Gasteiger partial charge in [0, 0.05) is 18.4 Å². The van der Waals surface area contributed by atoms with Gasteiger partial charge < -0.3 is 0 Å². The first-order valence-corrected chi connectivity index (χ1v) is 8.35. The molecule has 2 aromatic carbocycles. The maximum atomic E-state index is 5.01. The number of aromatic nitrogens is 2. The van der Waals surface area contributed by atoms with E-state index in [-0.39, 0.29) is 0 Å². The molecule has 5 rings (SSSR count). The lowest BCUT2D eigenvalue weighted by molar-refractivity contribution is 0.978. The third kappa shape index (κ3) is 1.51. The predicted octanol–water partition coefficient (Wildman–Crippen LogP) is 4.58. The highest BCUT2D eigenvalue weighted by Crippen LogP contribution is 2.45. The Morgan fingerprint density at radius 3 is 2.30 bits per heavy atom. The number of fused-ring (bicyclic) bond motifs is 7. The molecule has 1 aromatic heterocycles. The first-order valence-electron chi connectivity index (χ1n) is 8.35. The molecule has 0 atom stereocenters. The number of imidazole rings is 1. The summed E-state index contributed by atoms with van der Waals surface area (Å²) in [5.41, 5.74) is 13.8. The summed E-state index contributed by atoms with van der Waals surface area (Å²) in [6, 6.07) is 9.04. The molecule has 0 N–H and O–H groups in total. The molecule has 2 nitrogen and oxygen atoms in total. The standard InChI is InChI=1S/C21H20N2/c1-11-5-7-15-9-17-21(19(15)13(11)3)23-18(22-17)10-16-8-6-12(2)14(4)20(16)23/h5-8H,9-10H2,1-4H3. The summed E-state index contributed by atoms with van der Waals surface area (Å²) in [5.74, 6) is 1.21.